The minimum absolute atomic E-state index is 0.153. The zero-order valence-corrected chi connectivity index (χ0v) is 9.12. The van der Waals surface area contributed by atoms with Gasteiger partial charge in [-0.1, -0.05) is 0 Å². The van der Waals surface area contributed by atoms with Gasteiger partial charge in [-0.05, 0) is 17.7 Å². The molecule has 2 rings (SSSR count). The van der Waals surface area contributed by atoms with Crippen LogP contribution in [-0.2, 0) is 0 Å². The molecule has 0 aliphatic rings. The molecule has 0 amide bonds. The first-order valence-electron chi connectivity index (χ1n) is 4.94. The lowest BCUT2D eigenvalue weighted by Gasteiger charge is -2.09. The van der Waals surface area contributed by atoms with E-state index >= 15 is 0 Å². The van der Waals surface area contributed by atoms with Gasteiger partial charge < -0.3 is 5.11 Å². The van der Waals surface area contributed by atoms with Gasteiger partial charge in [0.15, 0.2) is 23.3 Å². The van der Waals surface area contributed by atoms with E-state index in [4.69, 9.17) is 5.11 Å². The summed E-state index contributed by atoms with van der Waals surface area (Å²) >= 11 is 0. The minimum Gasteiger partial charge on any atom is -0.477 e. The van der Waals surface area contributed by atoms with Gasteiger partial charge in [-0.15, -0.1) is 0 Å². The van der Waals surface area contributed by atoms with E-state index in [-0.39, 0.29) is 5.56 Å². The van der Waals surface area contributed by atoms with Crippen LogP contribution < -0.4 is 0 Å². The summed E-state index contributed by atoms with van der Waals surface area (Å²) < 4.78 is 54.3. The summed E-state index contributed by atoms with van der Waals surface area (Å²) in [5.74, 6) is -9.50. The second-order valence-electron chi connectivity index (χ2n) is 3.55. The highest BCUT2D eigenvalue weighted by Gasteiger charge is 2.29. The number of halogens is 4. The third-order valence-corrected chi connectivity index (χ3v) is 2.45. The van der Waals surface area contributed by atoms with Gasteiger partial charge >= 0.3 is 5.97 Å². The lowest BCUT2D eigenvalue weighted by atomic mass is 10.0. The number of carboxylic acids is 1. The molecule has 1 heterocycles. The zero-order chi connectivity index (χ0) is 14.2. The highest BCUT2D eigenvalue weighted by molar-refractivity contribution is 5.89. The van der Waals surface area contributed by atoms with E-state index in [0.717, 1.165) is 12.1 Å². The Morgan fingerprint density at radius 2 is 1.42 bits per heavy atom. The molecule has 1 aromatic heterocycles. The Balaban J connectivity index is 2.82. The maximum Gasteiger partial charge on any atom is 0.341 e. The van der Waals surface area contributed by atoms with Gasteiger partial charge in [0.2, 0.25) is 0 Å². The van der Waals surface area contributed by atoms with Crippen LogP contribution in [0, 0.1) is 23.3 Å². The van der Waals surface area contributed by atoms with Crippen LogP contribution in [0.15, 0.2) is 24.5 Å². The van der Waals surface area contributed by atoms with Crippen molar-refractivity contribution in [1.29, 1.82) is 0 Å². The third kappa shape index (κ3) is 2.03. The number of benzene rings is 1. The number of hydrogen-bond donors (Lipinski definition) is 1. The highest BCUT2D eigenvalue weighted by Crippen LogP contribution is 2.31. The van der Waals surface area contributed by atoms with Crippen LogP contribution in [0.1, 0.15) is 10.4 Å². The molecule has 0 aliphatic carbocycles. The van der Waals surface area contributed by atoms with Crippen molar-refractivity contribution >= 4 is 5.97 Å². The Kier molecular flexibility index (Phi) is 3.20. The first-order chi connectivity index (χ1) is 8.95. The Morgan fingerprint density at radius 3 is 1.84 bits per heavy atom. The molecule has 0 radical (unpaired) electrons. The van der Waals surface area contributed by atoms with Crippen molar-refractivity contribution in [2.24, 2.45) is 0 Å². The van der Waals surface area contributed by atoms with Gasteiger partial charge in [-0.2, -0.15) is 0 Å². The molecule has 0 spiro atoms. The predicted molar refractivity (Wildman–Crippen MR) is 56.5 cm³/mol. The van der Waals surface area contributed by atoms with E-state index in [0.29, 0.717) is 0 Å². The van der Waals surface area contributed by atoms with Crippen molar-refractivity contribution in [2.75, 3.05) is 0 Å². The van der Waals surface area contributed by atoms with Crippen LogP contribution in [0.3, 0.4) is 0 Å². The molecule has 0 saturated heterocycles. The topological polar surface area (TPSA) is 50.2 Å². The molecule has 0 atom stereocenters. The van der Waals surface area contributed by atoms with Crippen molar-refractivity contribution in [3.8, 4) is 11.1 Å². The molecule has 1 N–H and O–H groups in total. The first-order valence-corrected chi connectivity index (χ1v) is 4.94. The van der Waals surface area contributed by atoms with Crippen molar-refractivity contribution in [3.63, 3.8) is 0 Å². The lowest BCUT2D eigenvalue weighted by molar-refractivity contribution is 0.0683. The van der Waals surface area contributed by atoms with E-state index in [1.807, 2.05) is 0 Å². The molecule has 1 aromatic carbocycles. The van der Waals surface area contributed by atoms with Crippen molar-refractivity contribution in [3.05, 3.63) is 53.4 Å². The average Bonchev–Trinajstić information content (AvgIpc) is 2.38. The summed E-state index contributed by atoms with van der Waals surface area (Å²) in [6.45, 7) is 0. The number of aromatic nitrogens is 1. The number of hydrogen-bond acceptors (Lipinski definition) is 2. The summed E-state index contributed by atoms with van der Waals surface area (Å²) in [7, 11) is 0. The maximum atomic E-state index is 13.7. The third-order valence-electron chi connectivity index (χ3n) is 2.45. The molecular weight excluding hydrogens is 266 g/mol. The van der Waals surface area contributed by atoms with E-state index in [1.54, 1.807) is 0 Å². The fourth-order valence-corrected chi connectivity index (χ4v) is 1.59. The second-order valence-corrected chi connectivity index (χ2v) is 3.55. The average molecular weight is 271 g/mol. The standard InChI is InChI=1S/C12H5F4NO2/c13-8-6(5-1-3-17-4-2-5)9(14)11(16)7(10(8)15)12(18)19/h1-4H,(H,18,19). The van der Waals surface area contributed by atoms with Crippen LogP contribution in [0.25, 0.3) is 11.1 Å². The number of carbonyl (C=O) groups is 1. The van der Waals surface area contributed by atoms with Crippen LogP contribution in [-0.4, -0.2) is 16.1 Å². The van der Waals surface area contributed by atoms with Crippen LogP contribution in [0.5, 0.6) is 0 Å². The summed E-state index contributed by atoms with van der Waals surface area (Å²) in [6, 6.07) is 2.28. The van der Waals surface area contributed by atoms with Gasteiger partial charge in [0.25, 0.3) is 0 Å². The van der Waals surface area contributed by atoms with Gasteiger partial charge in [0.1, 0.15) is 5.56 Å². The van der Waals surface area contributed by atoms with Crippen molar-refractivity contribution < 1.29 is 27.5 Å². The fraction of sp³-hybridized carbons (Fsp3) is 0. The molecule has 2 aromatic rings. The Bertz CT molecular complexity index is 630. The van der Waals surface area contributed by atoms with E-state index < -0.39 is 40.4 Å². The van der Waals surface area contributed by atoms with Gasteiger partial charge in [-0.3, -0.25) is 4.98 Å². The smallest absolute Gasteiger partial charge is 0.341 e. The lowest BCUT2D eigenvalue weighted by Crippen LogP contribution is -2.11. The van der Waals surface area contributed by atoms with Crippen LogP contribution >= 0.6 is 0 Å². The molecule has 0 aliphatic heterocycles. The second kappa shape index (κ2) is 4.68. The summed E-state index contributed by atoms with van der Waals surface area (Å²) in [5.41, 5.74) is -2.78. The van der Waals surface area contributed by atoms with E-state index in [1.165, 1.54) is 12.4 Å². The molecule has 0 fully saturated rings. The molecule has 7 heteroatoms. The molecule has 3 nitrogen and oxygen atoms in total. The quantitative estimate of drug-likeness (QED) is 0.674. The Labute approximate surface area is 104 Å². The maximum absolute atomic E-state index is 13.7. The molecule has 19 heavy (non-hydrogen) atoms. The Morgan fingerprint density at radius 1 is 0.947 bits per heavy atom. The Hall–Kier alpha value is -2.44. The van der Waals surface area contributed by atoms with Gasteiger partial charge in [-0.25, -0.2) is 22.4 Å². The number of aromatic carboxylic acids is 1. The zero-order valence-electron chi connectivity index (χ0n) is 9.12. The van der Waals surface area contributed by atoms with Crippen molar-refractivity contribution in [2.45, 2.75) is 0 Å². The summed E-state index contributed by atoms with van der Waals surface area (Å²) in [5, 5.41) is 8.53. The SMILES string of the molecule is O=C(O)c1c(F)c(F)c(-c2ccncc2)c(F)c1F. The molecule has 98 valence electrons. The molecule has 0 unspecified atom stereocenters. The summed E-state index contributed by atoms with van der Waals surface area (Å²) in [6.07, 6.45) is 2.35. The van der Waals surface area contributed by atoms with E-state index in [9.17, 15) is 22.4 Å². The normalized spacial score (nSPS) is 10.5. The molecular formula is C12H5F4NO2. The highest BCUT2D eigenvalue weighted by atomic mass is 19.2. The number of carboxylic acid groups (broad SMARTS) is 1. The number of nitrogens with zero attached hydrogens (tertiary/aromatic N) is 1. The monoisotopic (exact) mass is 271 g/mol. The largest absolute Gasteiger partial charge is 0.477 e. The number of pyridine rings is 1. The minimum atomic E-state index is -2.09. The van der Waals surface area contributed by atoms with E-state index in [2.05, 4.69) is 4.98 Å². The van der Waals surface area contributed by atoms with Gasteiger partial charge in [0, 0.05) is 12.4 Å². The predicted octanol–water partition coefficient (Wildman–Crippen LogP) is 3.00. The molecule has 0 bridgehead atoms. The first kappa shape index (κ1) is 13.0. The van der Waals surface area contributed by atoms with Crippen LogP contribution in [0.4, 0.5) is 17.6 Å². The van der Waals surface area contributed by atoms with Crippen molar-refractivity contribution in [1.82, 2.24) is 4.98 Å². The molecule has 0 saturated carbocycles. The fourth-order valence-electron chi connectivity index (χ4n) is 1.59. The summed E-state index contributed by atoms with van der Waals surface area (Å²) in [4.78, 5) is 14.2. The van der Waals surface area contributed by atoms with Crippen LogP contribution in [0.2, 0.25) is 0 Å². The number of rotatable bonds is 2. The van der Waals surface area contributed by atoms with Gasteiger partial charge in [0.05, 0.1) is 5.56 Å².